The Balaban J connectivity index is 0. The minimum absolute atomic E-state index is 0. The fourth-order valence-corrected chi connectivity index (χ4v) is 1.97. The molecular formula is C10H21KO3S. The minimum atomic E-state index is -3.98. The average Bonchev–Trinajstić information content (AvgIpc) is 2.08. The minimum Gasteiger partial charge on any atom is -0.748 e. The molecule has 0 aromatic carbocycles. The fraction of sp³-hybridized carbons (Fsp3) is 1.00. The van der Waals surface area contributed by atoms with E-state index < -0.39 is 10.1 Å². The van der Waals surface area contributed by atoms with Crippen LogP contribution in [0.3, 0.4) is 0 Å². The third-order valence-corrected chi connectivity index (χ3v) is 3.04. The standard InChI is InChI=1S/C10H22O3S.K/c1-2-3-4-5-6-7-8-9-10-14(11,12)13;/h2-10H2,1H3,(H,11,12,13);/q;+1/p-1. The van der Waals surface area contributed by atoms with Crippen molar-refractivity contribution in [3.05, 3.63) is 0 Å². The number of unbranched alkanes of at least 4 members (excludes halogenated alkanes) is 7. The molecule has 0 aromatic rings. The second-order valence-electron chi connectivity index (χ2n) is 3.74. The van der Waals surface area contributed by atoms with Crippen LogP contribution < -0.4 is 51.4 Å². The second kappa shape index (κ2) is 12.0. The van der Waals surface area contributed by atoms with Crippen molar-refractivity contribution in [1.82, 2.24) is 0 Å². The van der Waals surface area contributed by atoms with Crippen molar-refractivity contribution in [2.24, 2.45) is 0 Å². The molecule has 0 atom stereocenters. The van der Waals surface area contributed by atoms with Crippen LogP contribution in [0.2, 0.25) is 0 Å². The summed E-state index contributed by atoms with van der Waals surface area (Å²) in [6, 6.07) is 0. The van der Waals surface area contributed by atoms with Crippen LogP contribution in [0.1, 0.15) is 58.3 Å². The third kappa shape index (κ3) is 18.1. The predicted molar refractivity (Wildman–Crippen MR) is 57.2 cm³/mol. The van der Waals surface area contributed by atoms with Crippen molar-refractivity contribution < 1.29 is 64.4 Å². The predicted octanol–water partition coefficient (Wildman–Crippen LogP) is -0.324. The van der Waals surface area contributed by atoms with E-state index in [1.54, 1.807) is 0 Å². The zero-order chi connectivity index (χ0) is 10.9. The van der Waals surface area contributed by atoms with Gasteiger partial charge < -0.3 is 4.55 Å². The van der Waals surface area contributed by atoms with Crippen LogP contribution >= 0.6 is 0 Å². The maximum atomic E-state index is 10.2. The van der Waals surface area contributed by atoms with Gasteiger partial charge in [0.25, 0.3) is 0 Å². The smallest absolute Gasteiger partial charge is 0.748 e. The number of rotatable bonds is 9. The van der Waals surface area contributed by atoms with Crippen LogP contribution in [0, 0.1) is 0 Å². The Bertz CT molecular complexity index is 215. The van der Waals surface area contributed by atoms with E-state index >= 15 is 0 Å². The molecule has 0 amide bonds. The Hall–Kier alpha value is 1.55. The molecule has 0 aromatic heterocycles. The molecule has 3 nitrogen and oxygen atoms in total. The summed E-state index contributed by atoms with van der Waals surface area (Å²) in [5.41, 5.74) is 0. The average molecular weight is 260 g/mol. The molecule has 0 heterocycles. The van der Waals surface area contributed by atoms with Gasteiger partial charge in [-0.2, -0.15) is 0 Å². The van der Waals surface area contributed by atoms with Crippen molar-refractivity contribution in [3.63, 3.8) is 0 Å². The Morgan fingerprint density at radius 1 is 0.867 bits per heavy atom. The van der Waals surface area contributed by atoms with Crippen molar-refractivity contribution >= 4 is 10.1 Å². The normalized spacial score (nSPS) is 11.1. The molecule has 0 aliphatic heterocycles. The number of hydrogen-bond acceptors (Lipinski definition) is 3. The summed E-state index contributed by atoms with van der Waals surface area (Å²) in [5.74, 6) is -0.193. The number of hydrogen-bond donors (Lipinski definition) is 0. The summed E-state index contributed by atoms with van der Waals surface area (Å²) in [4.78, 5) is 0. The van der Waals surface area contributed by atoms with E-state index in [1.807, 2.05) is 0 Å². The van der Waals surface area contributed by atoms with Gasteiger partial charge in [-0.05, 0) is 6.42 Å². The summed E-state index contributed by atoms with van der Waals surface area (Å²) in [5, 5.41) is 0. The summed E-state index contributed by atoms with van der Waals surface area (Å²) in [6.45, 7) is 2.18. The second-order valence-corrected chi connectivity index (χ2v) is 5.26. The van der Waals surface area contributed by atoms with E-state index in [4.69, 9.17) is 0 Å². The van der Waals surface area contributed by atoms with E-state index in [9.17, 15) is 13.0 Å². The van der Waals surface area contributed by atoms with Crippen LogP contribution in [0.5, 0.6) is 0 Å². The molecule has 0 radical (unpaired) electrons. The molecule has 0 spiro atoms. The summed E-state index contributed by atoms with van der Waals surface area (Å²) in [7, 11) is -3.98. The molecule has 15 heavy (non-hydrogen) atoms. The van der Waals surface area contributed by atoms with Gasteiger partial charge in [0.05, 0.1) is 10.1 Å². The van der Waals surface area contributed by atoms with Gasteiger partial charge in [0.2, 0.25) is 0 Å². The Morgan fingerprint density at radius 3 is 1.67 bits per heavy atom. The van der Waals surface area contributed by atoms with Crippen LogP contribution in [-0.2, 0) is 10.1 Å². The van der Waals surface area contributed by atoms with Gasteiger partial charge in [0.1, 0.15) is 0 Å². The van der Waals surface area contributed by atoms with Crippen LogP contribution in [0.4, 0.5) is 0 Å². The zero-order valence-electron chi connectivity index (χ0n) is 10.00. The van der Waals surface area contributed by atoms with Crippen LogP contribution in [-0.4, -0.2) is 18.7 Å². The first-order valence-corrected chi connectivity index (χ1v) is 7.07. The monoisotopic (exact) mass is 260 g/mol. The summed E-state index contributed by atoms with van der Waals surface area (Å²) in [6.07, 6.45) is 8.66. The van der Waals surface area contributed by atoms with Gasteiger partial charge in [-0.1, -0.05) is 51.9 Å². The molecule has 0 aliphatic carbocycles. The summed E-state index contributed by atoms with van der Waals surface area (Å²) >= 11 is 0. The molecule has 5 heteroatoms. The Labute approximate surface area is 137 Å². The molecule has 0 saturated heterocycles. The molecule has 0 N–H and O–H groups in total. The van der Waals surface area contributed by atoms with Gasteiger partial charge in [0, 0.05) is 5.75 Å². The van der Waals surface area contributed by atoms with E-state index in [1.165, 1.54) is 32.1 Å². The maximum Gasteiger partial charge on any atom is 1.00 e. The molecule has 0 bridgehead atoms. The first-order valence-electron chi connectivity index (χ1n) is 5.50. The molecular weight excluding hydrogens is 239 g/mol. The van der Waals surface area contributed by atoms with Gasteiger partial charge in [-0.15, -0.1) is 0 Å². The van der Waals surface area contributed by atoms with Crippen LogP contribution in [0.25, 0.3) is 0 Å². The largest absolute Gasteiger partial charge is 1.00 e. The first kappa shape index (κ1) is 18.9. The molecule has 0 fully saturated rings. The van der Waals surface area contributed by atoms with Gasteiger partial charge >= 0.3 is 51.4 Å². The molecule has 0 rings (SSSR count). The van der Waals surface area contributed by atoms with E-state index in [-0.39, 0.29) is 57.1 Å². The van der Waals surface area contributed by atoms with Gasteiger partial charge in [-0.3, -0.25) is 0 Å². The van der Waals surface area contributed by atoms with Crippen LogP contribution in [0.15, 0.2) is 0 Å². The van der Waals surface area contributed by atoms with Crippen molar-refractivity contribution in [2.45, 2.75) is 58.3 Å². The SMILES string of the molecule is CCCCCCCCCCS(=O)(=O)[O-].[K+]. The zero-order valence-corrected chi connectivity index (χ0v) is 13.9. The van der Waals surface area contributed by atoms with Crippen molar-refractivity contribution in [2.75, 3.05) is 5.75 Å². The fourth-order valence-electron chi connectivity index (χ4n) is 1.41. The van der Waals surface area contributed by atoms with Crippen molar-refractivity contribution in [1.29, 1.82) is 0 Å². The molecule has 0 unspecified atom stereocenters. The van der Waals surface area contributed by atoms with Gasteiger partial charge in [-0.25, -0.2) is 8.42 Å². The van der Waals surface area contributed by atoms with Crippen molar-refractivity contribution in [3.8, 4) is 0 Å². The Morgan fingerprint density at radius 2 is 1.27 bits per heavy atom. The molecule has 0 aliphatic rings. The molecule has 86 valence electrons. The topological polar surface area (TPSA) is 57.2 Å². The Kier molecular flexibility index (Phi) is 15.1. The third-order valence-electron chi connectivity index (χ3n) is 2.25. The van der Waals surface area contributed by atoms with E-state index in [0.29, 0.717) is 6.42 Å². The molecule has 0 saturated carbocycles. The van der Waals surface area contributed by atoms with Gasteiger partial charge in [0.15, 0.2) is 0 Å². The quantitative estimate of drug-likeness (QED) is 0.324. The maximum absolute atomic E-state index is 10.2. The van der Waals surface area contributed by atoms with E-state index in [0.717, 1.165) is 12.8 Å². The van der Waals surface area contributed by atoms with E-state index in [2.05, 4.69) is 6.92 Å². The summed E-state index contributed by atoms with van der Waals surface area (Å²) < 4.78 is 30.7. The first-order chi connectivity index (χ1) is 6.56.